The third-order valence-corrected chi connectivity index (χ3v) is 11.1. The number of aryl methyl sites for hydroxylation is 1. The summed E-state index contributed by atoms with van der Waals surface area (Å²) >= 11 is 6.32. The van der Waals surface area contributed by atoms with Crippen LogP contribution >= 0.6 is 11.6 Å². The molecule has 1 fully saturated rings. The summed E-state index contributed by atoms with van der Waals surface area (Å²) in [5.74, 6) is -1.57. The summed E-state index contributed by atoms with van der Waals surface area (Å²) in [6.07, 6.45) is 2.71. The Morgan fingerprint density at radius 1 is 1.14 bits per heavy atom. The second-order valence-electron chi connectivity index (χ2n) is 12.9. The Morgan fingerprint density at radius 3 is 2.59 bits per heavy atom. The van der Waals surface area contributed by atoms with Crippen LogP contribution < -0.4 is 9.46 Å². The lowest BCUT2D eigenvalue weighted by molar-refractivity contribution is -0.386. The van der Waals surface area contributed by atoms with E-state index in [9.17, 15) is 23.9 Å². The molecule has 3 aromatic rings. The van der Waals surface area contributed by atoms with Crippen molar-refractivity contribution in [2.24, 2.45) is 10.3 Å². The van der Waals surface area contributed by atoms with Crippen LogP contribution in [0.2, 0.25) is 5.02 Å². The van der Waals surface area contributed by atoms with Crippen LogP contribution in [-0.2, 0) is 36.0 Å². The number of hydrogen-bond acceptors (Lipinski definition) is 9. The lowest BCUT2D eigenvalue weighted by atomic mass is 9.69. The number of ether oxygens (including phenoxy) is 4. The highest BCUT2D eigenvalue weighted by Gasteiger charge is 2.47. The van der Waals surface area contributed by atoms with Crippen molar-refractivity contribution in [3.05, 3.63) is 117 Å². The van der Waals surface area contributed by atoms with Gasteiger partial charge in [0.05, 0.1) is 29.3 Å². The largest absolute Gasteiger partial charge is 0.486 e. The fourth-order valence-electron chi connectivity index (χ4n) is 6.51. The van der Waals surface area contributed by atoms with Crippen molar-refractivity contribution >= 4 is 39.2 Å². The number of nitro benzene ring substituents is 1. The molecule has 1 aliphatic heterocycles. The number of amides is 2. The molecule has 0 saturated carbocycles. The van der Waals surface area contributed by atoms with Crippen LogP contribution in [-0.4, -0.2) is 53.0 Å². The Bertz CT molecular complexity index is 1880. The summed E-state index contributed by atoms with van der Waals surface area (Å²) in [6.45, 7) is 8.13. The van der Waals surface area contributed by atoms with E-state index in [1.54, 1.807) is 50.3 Å². The van der Waals surface area contributed by atoms with Gasteiger partial charge in [-0.3, -0.25) is 14.9 Å². The van der Waals surface area contributed by atoms with Crippen molar-refractivity contribution < 1.29 is 37.7 Å². The molecule has 3 aromatic carbocycles. The summed E-state index contributed by atoms with van der Waals surface area (Å²) in [6, 6.07) is 18.2. The number of nitro groups is 1. The molecule has 0 radical (unpaired) electrons. The van der Waals surface area contributed by atoms with E-state index in [2.05, 4.69) is 15.7 Å². The number of carbonyl (C=O) groups is 2. The molecule has 1 saturated heterocycles. The Hall–Kier alpha value is -4.30. The fourth-order valence-corrected chi connectivity index (χ4v) is 8.50. The highest BCUT2D eigenvalue weighted by Crippen LogP contribution is 2.44. The molecular formula is C37H42ClN3O9S. The molecule has 1 heterocycles. The predicted octanol–water partition coefficient (Wildman–Crippen LogP) is 7.89. The zero-order chi connectivity index (χ0) is 36.6. The van der Waals surface area contributed by atoms with Crippen molar-refractivity contribution in [1.82, 2.24) is 4.72 Å². The quantitative estimate of drug-likeness (QED) is 0.105. The Morgan fingerprint density at radius 2 is 1.88 bits per heavy atom. The van der Waals surface area contributed by atoms with Crippen LogP contribution in [0, 0.1) is 16.0 Å². The monoisotopic (exact) mass is 739 g/mol. The van der Waals surface area contributed by atoms with Gasteiger partial charge < -0.3 is 18.9 Å². The second-order valence-corrected chi connectivity index (χ2v) is 15.3. The zero-order valence-electron chi connectivity index (χ0n) is 28.6. The van der Waals surface area contributed by atoms with E-state index in [0.717, 1.165) is 36.5 Å². The third-order valence-electron chi connectivity index (χ3n) is 8.94. The zero-order valence-corrected chi connectivity index (χ0v) is 30.2. The molecule has 12 nitrogen and oxygen atoms in total. The van der Waals surface area contributed by atoms with Crippen LogP contribution in [0.1, 0.15) is 72.7 Å². The Labute approximate surface area is 302 Å². The number of benzene rings is 3. The van der Waals surface area contributed by atoms with Gasteiger partial charge in [0.2, 0.25) is 0 Å². The van der Waals surface area contributed by atoms with E-state index >= 15 is 0 Å². The Balaban J connectivity index is 1.41. The second kappa shape index (κ2) is 16.8. The number of halogens is 1. The van der Waals surface area contributed by atoms with Crippen molar-refractivity contribution in [3.8, 4) is 5.75 Å². The molecule has 0 bridgehead atoms. The third kappa shape index (κ3) is 9.33. The predicted molar refractivity (Wildman–Crippen MR) is 193 cm³/mol. The minimum Gasteiger partial charge on any atom is -0.486 e. The molecule has 2 amide bonds. The molecule has 1 N–H and O–H groups in total. The standard InChI is InChI=1S/C37H42ClN3O9S/c1-4-10-25(2)23-51(46,40-36(43)50-26(3)27-11-6-5-7-12-27)39-34(42)29-14-17-33(32(22-29)41(44)45)49-24-37(35-47-19-9-20-48-35)18-8-13-28-21-30(38)15-16-31(28)37/h4-7,11-12,14-17,21-22,25-26,35H,1,8-10,13,18-20,23-24H2,2-3H3,(H,39,40,42,43,46)/t25-,26-,37-,51?/m0/s1. The maximum Gasteiger partial charge on any atom is 0.420 e. The van der Waals surface area contributed by atoms with Gasteiger partial charge in [-0.1, -0.05) is 61.0 Å². The normalized spacial score (nSPS) is 19.7. The number of carbonyl (C=O) groups excluding carboxylic acids is 2. The molecule has 1 aliphatic carbocycles. The summed E-state index contributed by atoms with van der Waals surface area (Å²) in [7, 11) is -3.74. The van der Waals surface area contributed by atoms with E-state index in [1.807, 2.05) is 18.2 Å². The van der Waals surface area contributed by atoms with Gasteiger partial charge in [0, 0.05) is 16.7 Å². The van der Waals surface area contributed by atoms with Crippen LogP contribution in [0.4, 0.5) is 10.5 Å². The molecule has 1 unspecified atom stereocenters. The van der Waals surface area contributed by atoms with E-state index in [-0.39, 0.29) is 29.6 Å². The number of hydrogen-bond donors (Lipinski definition) is 1. The maximum atomic E-state index is 14.0. The molecule has 51 heavy (non-hydrogen) atoms. The fraction of sp³-hybridized carbons (Fsp3) is 0.405. The first-order valence-electron chi connectivity index (χ1n) is 16.8. The van der Waals surface area contributed by atoms with Gasteiger partial charge in [-0.05, 0) is 85.9 Å². The highest BCUT2D eigenvalue weighted by atomic mass is 35.5. The maximum absolute atomic E-state index is 14.0. The van der Waals surface area contributed by atoms with Crippen molar-refractivity contribution in [1.29, 1.82) is 0 Å². The lowest BCUT2D eigenvalue weighted by Crippen LogP contribution is -2.51. The first-order chi connectivity index (χ1) is 24.4. The van der Waals surface area contributed by atoms with Crippen molar-refractivity contribution in [3.63, 3.8) is 0 Å². The van der Waals surface area contributed by atoms with Gasteiger partial charge in [-0.25, -0.2) is 13.7 Å². The van der Waals surface area contributed by atoms with Crippen LogP contribution in [0.25, 0.3) is 0 Å². The SMILES string of the molecule is C=CC[C@H](C)CS(=O)(=NC(=O)c1ccc(OC[C@@]2(C3OCCCO3)CCCc3cc(Cl)ccc32)c([N+](=O)[O-])c1)NC(=O)O[C@@H](C)c1ccccc1. The molecule has 272 valence electrons. The van der Waals surface area contributed by atoms with Gasteiger partial charge in [-0.15, -0.1) is 10.9 Å². The van der Waals surface area contributed by atoms with Gasteiger partial charge in [0.15, 0.2) is 12.0 Å². The molecule has 2 aliphatic rings. The average Bonchev–Trinajstić information content (AvgIpc) is 3.10. The van der Waals surface area contributed by atoms with Gasteiger partial charge in [-0.2, -0.15) is 0 Å². The average molecular weight is 740 g/mol. The smallest absolute Gasteiger partial charge is 0.420 e. The summed E-state index contributed by atoms with van der Waals surface area (Å²) in [5.41, 5.74) is 1.22. The van der Waals surface area contributed by atoms with Crippen LogP contribution in [0.15, 0.2) is 83.7 Å². The first-order valence-corrected chi connectivity index (χ1v) is 18.9. The number of allylic oxidation sites excluding steroid dienone is 1. The minimum absolute atomic E-state index is 0.00669. The highest BCUT2D eigenvalue weighted by molar-refractivity contribution is 7.92. The van der Waals surface area contributed by atoms with E-state index in [4.69, 9.17) is 30.5 Å². The van der Waals surface area contributed by atoms with Gasteiger partial charge in [0.25, 0.3) is 5.91 Å². The number of nitrogens with zero attached hydrogens (tertiary/aromatic N) is 2. The van der Waals surface area contributed by atoms with Gasteiger partial charge >= 0.3 is 11.8 Å². The summed E-state index contributed by atoms with van der Waals surface area (Å²) < 4.78 is 44.0. The van der Waals surface area contributed by atoms with Crippen LogP contribution in [0.3, 0.4) is 0 Å². The number of nitrogens with one attached hydrogen (secondary N) is 1. The molecule has 4 atom stereocenters. The number of fused-ring (bicyclic) bond motifs is 1. The van der Waals surface area contributed by atoms with E-state index < -0.39 is 50.3 Å². The molecule has 0 aromatic heterocycles. The first kappa shape index (κ1) is 37.9. The molecular weight excluding hydrogens is 698 g/mol. The minimum atomic E-state index is -3.74. The molecule has 0 spiro atoms. The van der Waals surface area contributed by atoms with Gasteiger partial charge in [0.1, 0.15) is 22.6 Å². The molecule has 5 rings (SSSR count). The van der Waals surface area contributed by atoms with Crippen molar-refractivity contribution in [2.75, 3.05) is 25.6 Å². The summed E-state index contributed by atoms with van der Waals surface area (Å²) in [5, 5.41) is 12.9. The van der Waals surface area contributed by atoms with E-state index in [0.29, 0.717) is 36.6 Å². The van der Waals surface area contributed by atoms with Crippen LogP contribution in [0.5, 0.6) is 5.75 Å². The topological polar surface area (TPSA) is 156 Å². The van der Waals surface area contributed by atoms with Crippen molar-refractivity contribution in [2.45, 2.75) is 63.8 Å². The number of rotatable bonds is 13. The van der Waals surface area contributed by atoms with E-state index in [1.165, 1.54) is 12.1 Å². The lowest BCUT2D eigenvalue weighted by Gasteiger charge is -2.45. The summed E-state index contributed by atoms with van der Waals surface area (Å²) in [4.78, 5) is 38.0. The Kier molecular flexibility index (Phi) is 12.5. The molecule has 14 heteroatoms.